The predicted molar refractivity (Wildman–Crippen MR) is 58.9 cm³/mol. The second-order valence-electron chi connectivity index (χ2n) is 2.50. The number of hydrogen-bond acceptors (Lipinski definition) is 3. The van der Waals surface area contributed by atoms with Crippen LogP contribution in [0, 0.1) is 6.92 Å². The lowest BCUT2D eigenvalue weighted by Crippen LogP contribution is -2.02. The lowest BCUT2D eigenvalue weighted by molar-refractivity contribution is 0.144. The minimum absolute atomic E-state index is 0. The molecule has 14 heavy (non-hydrogen) atoms. The van der Waals surface area contributed by atoms with Crippen LogP contribution >= 0.6 is 24.2 Å². The summed E-state index contributed by atoms with van der Waals surface area (Å²) >= 11 is 1.62. The summed E-state index contributed by atoms with van der Waals surface area (Å²) in [6.45, 7) is 1.92. The highest BCUT2D eigenvalue weighted by Crippen LogP contribution is 2.24. The second kappa shape index (κ2) is 5.78. The number of ether oxygens (including phenoxy) is 1. The van der Waals surface area contributed by atoms with Crippen LogP contribution in [0.1, 0.15) is 5.56 Å². The Bertz CT molecular complexity index is 328. The first-order valence-corrected chi connectivity index (χ1v) is 4.91. The summed E-state index contributed by atoms with van der Waals surface area (Å²) in [7, 11) is 0. The smallest absolute Gasteiger partial charge is 0.449 e. The van der Waals surface area contributed by atoms with E-state index < -0.39 is 6.16 Å². The Labute approximate surface area is 92.9 Å². The van der Waals surface area contributed by atoms with E-state index in [0.29, 0.717) is 5.75 Å². The number of hydrogen-bond donors (Lipinski definition) is 1. The molecule has 0 aliphatic rings. The molecule has 0 bridgehead atoms. The lowest BCUT2D eigenvalue weighted by Gasteiger charge is -2.04. The van der Waals surface area contributed by atoms with Gasteiger partial charge >= 0.3 is 6.16 Å². The van der Waals surface area contributed by atoms with Crippen molar-refractivity contribution in [3.05, 3.63) is 23.8 Å². The fourth-order valence-corrected chi connectivity index (χ4v) is 1.60. The molecule has 0 spiro atoms. The van der Waals surface area contributed by atoms with Crippen molar-refractivity contribution >= 4 is 30.3 Å². The van der Waals surface area contributed by atoms with Gasteiger partial charge in [0.05, 0.1) is 0 Å². The third-order valence-electron chi connectivity index (χ3n) is 1.57. The monoisotopic (exact) mass is 234 g/mol. The van der Waals surface area contributed by atoms with Gasteiger partial charge in [-0.05, 0) is 36.9 Å². The van der Waals surface area contributed by atoms with Gasteiger partial charge in [-0.15, -0.1) is 24.2 Å². The van der Waals surface area contributed by atoms with E-state index in [1.165, 1.54) is 0 Å². The summed E-state index contributed by atoms with van der Waals surface area (Å²) in [6, 6.07) is 5.20. The van der Waals surface area contributed by atoms with Gasteiger partial charge in [0.2, 0.25) is 0 Å². The highest BCUT2D eigenvalue weighted by molar-refractivity contribution is 7.98. The number of carbonyl (C=O) groups is 1. The Morgan fingerprint density at radius 3 is 2.57 bits per heavy atom. The molecule has 0 radical (unpaired) electrons. The number of halogens is 1. The van der Waals surface area contributed by atoms with Gasteiger partial charge in [0, 0.05) is 4.90 Å². The Kier molecular flexibility index (Phi) is 5.42. The van der Waals surface area contributed by atoms with Crippen molar-refractivity contribution < 1.29 is 14.6 Å². The normalized spacial score (nSPS) is 9.00. The molecule has 0 atom stereocenters. The molecule has 0 aliphatic carbocycles. The summed E-state index contributed by atoms with van der Waals surface area (Å²) in [5.41, 5.74) is 1.02. The molecule has 0 saturated carbocycles. The van der Waals surface area contributed by atoms with Gasteiger partial charge in [0.15, 0.2) is 0 Å². The molecule has 0 unspecified atom stereocenters. The van der Waals surface area contributed by atoms with Crippen LogP contribution in [0.3, 0.4) is 0 Å². The van der Waals surface area contributed by atoms with Crippen molar-refractivity contribution in [3.8, 4) is 5.75 Å². The van der Waals surface area contributed by atoms with Gasteiger partial charge in [-0.3, -0.25) is 0 Å². The molecule has 0 aliphatic heterocycles. The molecule has 1 N–H and O–H groups in total. The topological polar surface area (TPSA) is 46.5 Å². The zero-order chi connectivity index (χ0) is 9.84. The van der Waals surface area contributed by atoms with E-state index in [1.807, 2.05) is 19.2 Å². The molecule has 0 heterocycles. The van der Waals surface area contributed by atoms with Crippen LogP contribution in [0.4, 0.5) is 4.79 Å². The first-order valence-electron chi connectivity index (χ1n) is 3.69. The van der Waals surface area contributed by atoms with E-state index in [4.69, 9.17) is 5.11 Å². The van der Waals surface area contributed by atoms with Gasteiger partial charge in [0.1, 0.15) is 5.75 Å². The molecule has 78 valence electrons. The van der Waals surface area contributed by atoms with E-state index in [-0.39, 0.29) is 12.4 Å². The average molecular weight is 235 g/mol. The van der Waals surface area contributed by atoms with Gasteiger partial charge in [0.25, 0.3) is 0 Å². The maximum Gasteiger partial charge on any atom is 0.511 e. The Morgan fingerprint density at radius 1 is 1.50 bits per heavy atom. The standard InChI is InChI=1S/C9H10O3S.ClH/c1-6-5-7(12-9(10)11)3-4-8(6)13-2;/h3-5H,1-2H3,(H,10,11);1H. The van der Waals surface area contributed by atoms with Gasteiger partial charge in [-0.25, -0.2) is 4.79 Å². The van der Waals surface area contributed by atoms with Crippen LogP contribution in [0.25, 0.3) is 0 Å². The largest absolute Gasteiger partial charge is 0.511 e. The molecular weight excluding hydrogens is 224 g/mol. The van der Waals surface area contributed by atoms with Crippen molar-refractivity contribution in [1.82, 2.24) is 0 Å². The summed E-state index contributed by atoms with van der Waals surface area (Å²) in [6.07, 6.45) is 0.691. The van der Waals surface area contributed by atoms with E-state index in [0.717, 1.165) is 10.5 Å². The molecule has 1 rings (SSSR count). The third-order valence-corrected chi connectivity index (χ3v) is 2.47. The third kappa shape index (κ3) is 3.47. The number of benzene rings is 1. The Hall–Kier alpha value is -0.870. The number of carboxylic acid groups (broad SMARTS) is 1. The van der Waals surface area contributed by atoms with Crippen molar-refractivity contribution in [2.24, 2.45) is 0 Å². The first kappa shape index (κ1) is 13.1. The number of rotatable bonds is 2. The summed E-state index contributed by atoms with van der Waals surface area (Å²) in [5, 5.41) is 8.36. The highest BCUT2D eigenvalue weighted by Gasteiger charge is 2.02. The van der Waals surface area contributed by atoms with Crippen LogP contribution < -0.4 is 4.74 Å². The SMILES string of the molecule is CSc1ccc(OC(=O)O)cc1C.Cl. The quantitative estimate of drug-likeness (QED) is 0.485. The minimum atomic E-state index is -1.28. The zero-order valence-electron chi connectivity index (χ0n) is 7.81. The molecule has 5 heteroatoms. The Balaban J connectivity index is 0.00000169. The van der Waals surface area contributed by atoms with Crippen molar-refractivity contribution in [1.29, 1.82) is 0 Å². The van der Waals surface area contributed by atoms with E-state index in [2.05, 4.69) is 4.74 Å². The van der Waals surface area contributed by atoms with Gasteiger partial charge in [-0.2, -0.15) is 0 Å². The first-order chi connectivity index (χ1) is 6.13. The summed E-state index contributed by atoms with van der Waals surface area (Å²) in [5.74, 6) is 0.364. The van der Waals surface area contributed by atoms with Crippen LogP contribution in [-0.2, 0) is 0 Å². The average Bonchev–Trinajstić information content (AvgIpc) is 2.03. The fourth-order valence-electron chi connectivity index (χ4n) is 1.02. The lowest BCUT2D eigenvalue weighted by atomic mass is 10.2. The van der Waals surface area contributed by atoms with Gasteiger partial charge < -0.3 is 9.84 Å². The maximum atomic E-state index is 10.2. The maximum absolute atomic E-state index is 10.2. The molecule has 1 aromatic carbocycles. The molecule has 0 aromatic heterocycles. The fraction of sp³-hybridized carbons (Fsp3) is 0.222. The number of aryl methyl sites for hydroxylation is 1. The van der Waals surface area contributed by atoms with Crippen molar-refractivity contribution in [2.75, 3.05) is 6.26 Å². The molecule has 1 aromatic rings. The Morgan fingerprint density at radius 2 is 2.14 bits per heavy atom. The molecule has 0 fully saturated rings. The minimum Gasteiger partial charge on any atom is -0.449 e. The van der Waals surface area contributed by atoms with Crippen molar-refractivity contribution in [2.45, 2.75) is 11.8 Å². The summed E-state index contributed by atoms with van der Waals surface area (Å²) in [4.78, 5) is 11.3. The number of thioether (sulfide) groups is 1. The van der Waals surface area contributed by atoms with Crippen molar-refractivity contribution in [3.63, 3.8) is 0 Å². The van der Waals surface area contributed by atoms with Crippen LogP contribution in [-0.4, -0.2) is 17.5 Å². The van der Waals surface area contributed by atoms with Gasteiger partial charge in [-0.1, -0.05) is 0 Å². The second-order valence-corrected chi connectivity index (χ2v) is 3.35. The predicted octanol–water partition coefficient (Wildman–Crippen LogP) is 3.20. The molecule has 3 nitrogen and oxygen atoms in total. The van der Waals surface area contributed by atoms with Crippen LogP contribution in [0.15, 0.2) is 23.1 Å². The highest BCUT2D eigenvalue weighted by atomic mass is 35.5. The molecule has 0 saturated heterocycles. The molecule has 0 amide bonds. The zero-order valence-corrected chi connectivity index (χ0v) is 9.45. The van der Waals surface area contributed by atoms with Crippen LogP contribution in [0.5, 0.6) is 5.75 Å². The molecular formula is C9H11ClO3S. The van der Waals surface area contributed by atoms with E-state index in [9.17, 15) is 4.79 Å². The summed E-state index contributed by atoms with van der Waals surface area (Å²) < 4.78 is 4.50. The van der Waals surface area contributed by atoms with E-state index in [1.54, 1.807) is 23.9 Å². The van der Waals surface area contributed by atoms with E-state index >= 15 is 0 Å². The van der Waals surface area contributed by atoms with Crippen LogP contribution in [0.2, 0.25) is 0 Å².